The Morgan fingerprint density at radius 1 is 0.549 bits per heavy atom. The third-order valence-corrected chi connectivity index (χ3v) is 11.7. The molecule has 10 rings (SSSR count). The predicted molar refractivity (Wildman–Crippen MR) is 212 cm³/mol. The van der Waals surface area contributed by atoms with Crippen molar-refractivity contribution in [2.24, 2.45) is 0 Å². The molecule has 2 aromatic heterocycles. The molecule has 0 bridgehead atoms. The summed E-state index contributed by atoms with van der Waals surface area (Å²) in [5, 5.41) is 2.43. The van der Waals surface area contributed by atoms with Gasteiger partial charge in [0.1, 0.15) is 0 Å². The smallest absolute Gasteiger partial charge is 0.235 e. The van der Waals surface area contributed by atoms with Gasteiger partial charge in [-0.1, -0.05) is 129 Å². The van der Waals surface area contributed by atoms with Crippen LogP contribution in [0.25, 0.3) is 72.5 Å². The van der Waals surface area contributed by atoms with E-state index < -0.39 is 0 Å². The highest BCUT2D eigenvalue weighted by Crippen LogP contribution is 2.53. The molecule has 6 aromatic carbocycles. The molecule has 0 N–H and O–H groups in total. The molecule has 0 aliphatic heterocycles. The Morgan fingerprint density at radius 2 is 1.16 bits per heavy atom. The molecule has 0 saturated heterocycles. The number of aryl methyl sites for hydroxylation is 1. The van der Waals surface area contributed by atoms with E-state index in [0.717, 1.165) is 33.5 Å². The summed E-state index contributed by atoms with van der Waals surface area (Å²) in [7, 11) is 0. The molecule has 8 aromatic rings. The minimum absolute atomic E-state index is 0.168. The van der Waals surface area contributed by atoms with Gasteiger partial charge in [0.05, 0.1) is 22.4 Å². The fraction of sp³-hybridized carbons (Fsp3) is 0.167. The van der Waals surface area contributed by atoms with Crippen molar-refractivity contribution in [1.29, 1.82) is 0 Å². The van der Waals surface area contributed by atoms with Crippen LogP contribution in [0.4, 0.5) is 0 Å². The Kier molecular flexibility index (Phi) is 6.70. The second kappa shape index (κ2) is 11.4. The van der Waals surface area contributed by atoms with Gasteiger partial charge in [-0.3, -0.25) is 4.57 Å². The molecule has 1 fully saturated rings. The summed E-state index contributed by atoms with van der Waals surface area (Å²) >= 11 is 0. The molecule has 2 aliphatic carbocycles. The minimum atomic E-state index is -0.168. The van der Waals surface area contributed by atoms with E-state index in [1.807, 2.05) is 0 Å². The number of hydrogen-bond acceptors (Lipinski definition) is 2. The van der Waals surface area contributed by atoms with E-state index in [-0.39, 0.29) is 5.41 Å². The summed E-state index contributed by atoms with van der Waals surface area (Å²) in [6, 6.07) is 50.7. The standard InChI is InChI=1S/C48H39N3/c1-30-25-41-38(26-37(30)35-22-11-10-21-34(35)31-19-14-20-31)39-27-40-36-23-12-13-24-45(36)51(46(40)28-42(39)48(41,2)3)47-49-43(32-15-6-4-7-16-32)29-44(50-47)33-17-8-5-9-18-33/h4-13,15-18,21-29,31H,14,19-20H2,1-3H3. The number of benzene rings is 6. The summed E-state index contributed by atoms with van der Waals surface area (Å²) in [4.78, 5) is 10.6. The fourth-order valence-corrected chi connectivity index (χ4v) is 8.72. The van der Waals surface area contributed by atoms with Gasteiger partial charge in [-0.25, -0.2) is 9.97 Å². The van der Waals surface area contributed by atoms with Crippen molar-refractivity contribution in [3.63, 3.8) is 0 Å². The molecule has 2 heterocycles. The highest BCUT2D eigenvalue weighted by atomic mass is 15.2. The number of aromatic nitrogens is 3. The summed E-state index contributed by atoms with van der Waals surface area (Å²) in [5.74, 6) is 1.36. The zero-order chi connectivity index (χ0) is 34.3. The number of fused-ring (bicyclic) bond motifs is 6. The third kappa shape index (κ3) is 4.64. The maximum Gasteiger partial charge on any atom is 0.235 e. The second-order valence-electron chi connectivity index (χ2n) is 15.0. The molecule has 0 radical (unpaired) electrons. The fourth-order valence-electron chi connectivity index (χ4n) is 8.72. The van der Waals surface area contributed by atoms with Gasteiger partial charge in [0.25, 0.3) is 0 Å². The van der Waals surface area contributed by atoms with Gasteiger partial charge in [0.15, 0.2) is 0 Å². The summed E-state index contributed by atoms with van der Waals surface area (Å²) in [6.45, 7) is 7.07. The topological polar surface area (TPSA) is 30.7 Å². The first-order valence-electron chi connectivity index (χ1n) is 18.3. The molecule has 0 spiro atoms. The Balaban J connectivity index is 1.22. The quantitative estimate of drug-likeness (QED) is 0.184. The summed E-state index contributed by atoms with van der Waals surface area (Å²) in [6.07, 6.45) is 3.93. The van der Waals surface area contributed by atoms with Crippen LogP contribution in [0.15, 0.2) is 140 Å². The van der Waals surface area contributed by atoms with E-state index in [0.29, 0.717) is 11.9 Å². The van der Waals surface area contributed by atoms with Crippen LogP contribution in [0.3, 0.4) is 0 Å². The van der Waals surface area contributed by atoms with Crippen LogP contribution in [-0.4, -0.2) is 14.5 Å². The van der Waals surface area contributed by atoms with Crippen LogP contribution in [0.1, 0.15) is 61.3 Å². The first-order valence-corrected chi connectivity index (χ1v) is 18.3. The first kappa shape index (κ1) is 30.1. The summed E-state index contributed by atoms with van der Waals surface area (Å²) < 4.78 is 2.29. The van der Waals surface area contributed by atoms with Crippen LogP contribution >= 0.6 is 0 Å². The maximum absolute atomic E-state index is 5.28. The molecule has 51 heavy (non-hydrogen) atoms. The molecular weight excluding hydrogens is 619 g/mol. The van der Waals surface area contributed by atoms with Crippen LogP contribution in [0.5, 0.6) is 0 Å². The largest absolute Gasteiger partial charge is 0.278 e. The Labute approximate surface area is 299 Å². The number of para-hydroxylation sites is 1. The van der Waals surface area contributed by atoms with Crippen LogP contribution in [-0.2, 0) is 5.41 Å². The molecule has 1 saturated carbocycles. The average Bonchev–Trinajstić information content (AvgIpc) is 3.58. The number of hydrogen-bond donors (Lipinski definition) is 0. The number of rotatable bonds is 5. The van der Waals surface area contributed by atoms with Gasteiger partial charge < -0.3 is 0 Å². The van der Waals surface area contributed by atoms with Crippen molar-refractivity contribution < 1.29 is 0 Å². The van der Waals surface area contributed by atoms with Crippen molar-refractivity contribution in [3.05, 3.63) is 162 Å². The molecular formula is C48H39N3. The molecule has 0 amide bonds. The van der Waals surface area contributed by atoms with Crippen LogP contribution < -0.4 is 0 Å². The lowest BCUT2D eigenvalue weighted by atomic mass is 9.76. The van der Waals surface area contributed by atoms with Crippen molar-refractivity contribution >= 4 is 21.8 Å². The van der Waals surface area contributed by atoms with E-state index in [9.17, 15) is 0 Å². The highest BCUT2D eigenvalue weighted by Gasteiger charge is 2.37. The first-order chi connectivity index (χ1) is 25.0. The summed E-state index contributed by atoms with van der Waals surface area (Å²) in [5.41, 5.74) is 17.1. The molecule has 0 atom stereocenters. The van der Waals surface area contributed by atoms with Crippen LogP contribution in [0.2, 0.25) is 0 Å². The predicted octanol–water partition coefficient (Wildman–Crippen LogP) is 12.5. The lowest BCUT2D eigenvalue weighted by Gasteiger charge is -2.29. The van der Waals surface area contributed by atoms with E-state index in [2.05, 4.69) is 165 Å². The molecule has 3 heteroatoms. The molecule has 246 valence electrons. The monoisotopic (exact) mass is 657 g/mol. The Morgan fingerprint density at radius 3 is 1.84 bits per heavy atom. The van der Waals surface area contributed by atoms with Gasteiger partial charge in [-0.05, 0) is 101 Å². The van der Waals surface area contributed by atoms with Gasteiger partial charge in [-0.15, -0.1) is 0 Å². The van der Waals surface area contributed by atoms with Crippen LogP contribution in [0, 0.1) is 6.92 Å². The second-order valence-corrected chi connectivity index (χ2v) is 15.0. The van der Waals surface area contributed by atoms with E-state index in [1.165, 1.54) is 74.5 Å². The lowest BCUT2D eigenvalue weighted by molar-refractivity contribution is 0.420. The molecule has 3 nitrogen and oxygen atoms in total. The van der Waals surface area contributed by atoms with Crippen molar-refractivity contribution in [1.82, 2.24) is 14.5 Å². The van der Waals surface area contributed by atoms with Crippen molar-refractivity contribution in [3.8, 4) is 50.7 Å². The van der Waals surface area contributed by atoms with Crippen molar-refractivity contribution in [2.75, 3.05) is 0 Å². The van der Waals surface area contributed by atoms with Crippen molar-refractivity contribution in [2.45, 2.75) is 51.4 Å². The Bertz CT molecular complexity index is 2590. The Hall–Kier alpha value is -5.80. The maximum atomic E-state index is 5.28. The zero-order valence-electron chi connectivity index (χ0n) is 29.3. The van der Waals surface area contributed by atoms with Gasteiger partial charge in [-0.2, -0.15) is 0 Å². The van der Waals surface area contributed by atoms with Gasteiger partial charge in [0, 0.05) is 27.3 Å². The minimum Gasteiger partial charge on any atom is -0.278 e. The zero-order valence-corrected chi connectivity index (χ0v) is 29.3. The lowest BCUT2D eigenvalue weighted by Crippen LogP contribution is -2.15. The van der Waals surface area contributed by atoms with E-state index in [4.69, 9.17) is 9.97 Å². The average molecular weight is 658 g/mol. The SMILES string of the molecule is Cc1cc2c(cc1-c1ccccc1C1CCC1)-c1cc3c4ccccc4n(-c4nc(-c5ccccc5)cc(-c5ccccc5)n4)c3cc1C2(C)C. The third-order valence-electron chi connectivity index (χ3n) is 11.7. The normalized spacial score (nSPS) is 14.8. The van der Waals surface area contributed by atoms with Gasteiger partial charge >= 0.3 is 0 Å². The highest BCUT2D eigenvalue weighted by molar-refractivity contribution is 6.11. The molecule has 2 aliphatic rings. The van der Waals surface area contributed by atoms with E-state index >= 15 is 0 Å². The van der Waals surface area contributed by atoms with Gasteiger partial charge in [0.2, 0.25) is 5.95 Å². The number of nitrogens with zero attached hydrogens (tertiary/aromatic N) is 3. The molecule has 0 unspecified atom stereocenters. The van der Waals surface area contributed by atoms with E-state index in [1.54, 1.807) is 0 Å².